The first kappa shape index (κ1) is 47.2. The molecule has 4 aromatic rings. The quantitative estimate of drug-likeness (QED) is 0.0523. The number of unbranched alkanes of at least 4 members (excludes halogenated alkanes) is 3. The van der Waals surface area contributed by atoms with Gasteiger partial charge in [0.2, 0.25) is 17.8 Å². The highest BCUT2D eigenvalue weighted by atomic mass is 16.4. The van der Waals surface area contributed by atoms with Crippen molar-refractivity contribution in [2.45, 2.75) is 119 Å². The number of aromatic nitrogens is 3. The van der Waals surface area contributed by atoms with Crippen molar-refractivity contribution in [2.24, 2.45) is 17.8 Å². The highest BCUT2D eigenvalue weighted by molar-refractivity contribution is 5.89. The Morgan fingerprint density at radius 1 is 0.433 bits per heavy atom. The first-order valence-corrected chi connectivity index (χ1v) is 22.0. The zero-order valence-corrected chi connectivity index (χ0v) is 36.5. The van der Waals surface area contributed by atoms with Crippen LogP contribution in [0.4, 0.5) is 34.9 Å². The fourth-order valence-corrected chi connectivity index (χ4v) is 7.49. The lowest BCUT2D eigenvalue weighted by atomic mass is 9.98. The predicted molar refractivity (Wildman–Crippen MR) is 241 cm³/mol. The molecule has 0 radical (unpaired) electrons. The second kappa shape index (κ2) is 23.9. The average molecular weight is 823 g/mol. The maximum atomic E-state index is 12.0. The molecular weight excluding hydrogens is 757 g/mol. The van der Waals surface area contributed by atoms with E-state index in [0.717, 1.165) is 94.1 Å². The third-order valence-corrected chi connectivity index (χ3v) is 11.6. The summed E-state index contributed by atoms with van der Waals surface area (Å²) < 4.78 is 0. The smallest absolute Gasteiger partial charge is 0.335 e. The molecule has 0 saturated carbocycles. The van der Waals surface area contributed by atoms with Gasteiger partial charge >= 0.3 is 17.9 Å². The van der Waals surface area contributed by atoms with Gasteiger partial charge in [-0.3, -0.25) is 0 Å². The Morgan fingerprint density at radius 3 is 0.850 bits per heavy atom. The number of carboxylic acid groups (broad SMARTS) is 3. The van der Waals surface area contributed by atoms with E-state index < -0.39 is 17.9 Å². The molecule has 0 aliphatic rings. The number of benzene rings is 3. The van der Waals surface area contributed by atoms with Crippen molar-refractivity contribution < 1.29 is 29.7 Å². The van der Waals surface area contributed by atoms with Crippen LogP contribution in [-0.2, 0) is 0 Å². The monoisotopic (exact) mass is 823 g/mol. The largest absolute Gasteiger partial charge is 0.478 e. The molecule has 0 amide bonds. The molecule has 12 nitrogen and oxygen atoms in total. The van der Waals surface area contributed by atoms with Crippen LogP contribution in [0.25, 0.3) is 0 Å². The van der Waals surface area contributed by atoms with Crippen molar-refractivity contribution in [2.75, 3.05) is 34.3 Å². The number of hydrogen-bond acceptors (Lipinski definition) is 9. The van der Waals surface area contributed by atoms with Gasteiger partial charge in [-0.25, -0.2) is 14.4 Å². The zero-order chi connectivity index (χ0) is 43.6. The minimum Gasteiger partial charge on any atom is -0.478 e. The minimum absolute atomic E-state index is 0.177. The van der Waals surface area contributed by atoms with Crippen molar-refractivity contribution in [3.05, 3.63) is 89.5 Å². The van der Waals surface area contributed by atoms with Crippen LogP contribution < -0.4 is 14.7 Å². The van der Waals surface area contributed by atoms with Crippen LogP contribution in [0, 0.1) is 17.8 Å². The van der Waals surface area contributed by atoms with E-state index in [-0.39, 0.29) is 34.4 Å². The van der Waals surface area contributed by atoms with Gasteiger partial charge in [-0.1, -0.05) is 99.3 Å². The Kier molecular flexibility index (Phi) is 18.8. The van der Waals surface area contributed by atoms with E-state index in [2.05, 4.69) is 56.2 Å². The van der Waals surface area contributed by atoms with Crippen LogP contribution >= 0.6 is 0 Å². The molecule has 3 atom stereocenters. The summed E-state index contributed by atoms with van der Waals surface area (Å²) in [5.74, 6) is -0.991. The van der Waals surface area contributed by atoms with Gasteiger partial charge in [0.15, 0.2) is 0 Å². The Morgan fingerprint density at radius 2 is 0.667 bits per heavy atom. The van der Waals surface area contributed by atoms with E-state index in [1.807, 2.05) is 0 Å². The van der Waals surface area contributed by atoms with E-state index in [1.54, 1.807) is 72.8 Å². The van der Waals surface area contributed by atoms with Gasteiger partial charge in [0.1, 0.15) is 0 Å². The normalized spacial score (nSPS) is 12.7. The summed E-state index contributed by atoms with van der Waals surface area (Å²) in [6, 6.07) is 20.5. The van der Waals surface area contributed by atoms with Crippen LogP contribution in [0.5, 0.6) is 0 Å². The summed E-state index contributed by atoms with van der Waals surface area (Å²) in [7, 11) is 0. The number of hydrogen-bond donors (Lipinski definition) is 3. The molecular formula is C48H66N6O6. The molecule has 0 aliphatic carbocycles. The Bertz CT molecular complexity index is 1700. The molecule has 60 heavy (non-hydrogen) atoms. The minimum atomic E-state index is -1.01. The topological polar surface area (TPSA) is 160 Å². The van der Waals surface area contributed by atoms with Crippen LogP contribution in [0.15, 0.2) is 72.8 Å². The lowest BCUT2D eigenvalue weighted by Gasteiger charge is -2.33. The van der Waals surface area contributed by atoms with Crippen molar-refractivity contribution in [1.29, 1.82) is 0 Å². The number of anilines is 6. The van der Waals surface area contributed by atoms with E-state index in [4.69, 9.17) is 15.0 Å². The summed E-state index contributed by atoms with van der Waals surface area (Å²) in [4.78, 5) is 58.0. The maximum Gasteiger partial charge on any atom is 0.335 e. The molecule has 0 saturated heterocycles. The SMILES string of the molecule is CCCCC(CC)CN(c1ccc(C(=O)O)cc1)c1nc(N(CC(CC)CCCC)c2ccc(C(=O)O)cc2)nc(N(CC(CC)CCCC)c2ccc(C(=O)O)cc2)n1. The standard InChI is InChI=1S/C48H66N6O6/c1-7-13-16-34(10-4)31-52(40-25-19-37(20-26-40)43(55)56)46-49-47(53(32-35(11-5)17-14-8-2)41-27-21-38(22-28-41)44(57)58)51-48(50-46)54(33-36(12-6)18-15-9-3)42-29-23-39(24-30-42)45(59)60/h19-30,34-36H,7-18,31-33H2,1-6H3,(H,55,56)(H,57,58)(H,59,60). The van der Waals surface area contributed by atoms with Crippen LogP contribution in [0.3, 0.4) is 0 Å². The number of nitrogens with zero attached hydrogens (tertiary/aromatic N) is 6. The molecule has 0 fully saturated rings. The van der Waals surface area contributed by atoms with E-state index >= 15 is 0 Å². The van der Waals surface area contributed by atoms with Gasteiger partial charge in [0.25, 0.3) is 0 Å². The van der Waals surface area contributed by atoms with Gasteiger partial charge in [-0.15, -0.1) is 0 Å². The first-order valence-electron chi connectivity index (χ1n) is 22.0. The third kappa shape index (κ3) is 13.2. The molecule has 1 heterocycles. The zero-order valence-electron chi connectivity index (χ0n) is 36.5. The summed E-state index contributed by atoms with van der Waals surface area (Å²) in [5, 5.41) is 29.4. The summed E-state index contributed by atoms with van der Waals surface area (Å²) in [5.41, 5.74) is 2.77. The molecule has 1 aromatic heterocycles. The van der Waals surface area contributed by atoms with Crippen molar-refractivity contribution in [3.8, 4) is 0 Å². The van der Waals surface area contributed by atoms with Crippen LogP contribution in [0.2, 0.25) is 0 Å². The van der Waals surface area contributed by atoms with Crippen molar-refractivity contribution in [1.82, 2.24) is 15.0 Å². The van der Waals surface area contributed by atoms with Crippen molar-refractivity contribution >= 4 is 52.8 Å². The number of carboxylic acids is 3. The van der Waals surface area contributed by atoms with Gasteiger partial charge < -0.3 is 30.0 Å². The molecule has 3 unspecified atom stereocenters. The summed E-state index contributed by atoms with van der Waals surface area (Å²) in [6.07, 6.45) is 12.1. The summed E-state index contributed by atoms with van der Waals surface area (Å²) >= 11 is 0. The molecule has 4 rings (SSSR count). The lowest BCUT2D eigenvalue weighted by molar-refractivity contribution is 0.0686. The molecule has 0 aliphatic heterocycles. The molecule has 0 bridgehead atoms. The lowest BCUT2D eigenvalue weighted by Crippen LogP contribution is -2.32. The first-order chi connectivity index (χ1) is 29.0. The Hall–Kier alpha value is -5.52. The van der Waals surface area contributed by atoms with Crippen LogP contribution in [-0.4, -0.2) is 67.8 Å². The molecule has 3 aromatic carbocycles. The molecule has 0 spiro atoms. The summed E-state index contributed by atoms with van der Waals surface area (Å²) in [6.45, 7) is 14.8. The van der Waals surface area contributed by atoms with Crippen molar-refractivity contribution in [3.63, 3.8) is 0 Å². The van der Waals surface area contributed by atoms with E-state index in [1.165, 1.54) is 0 Å². The van der Waals surface area contributed by atoms with Crippen LogP contribution in [0.1, 0.15) is 150 Å². The Balaban J connectivity index is 2.07. The molecule has 3 N–H and O–H groups in total. The number of rotatable bonds is 27. The third-order valence-electron chi connectivity index (χ3n) is 11.6. The van der Waals surface area contributed by atoms with E-state index in [9.17, 15) is 29.7 Å². The average Bonchev–Trinajstić information content (AvgIpc) is 3.26. The van der Waals surface area contributed by atoms with Gasteiger partial charge in [0, 0.05) is 36.7 Å². The second-order valence-corrected chi connectivity index (χ2v) is 15.9. The molecule has 12 heteroatoms. The van der Waals surface area contributed by atoms with Gasteiger partial charge in [-0.2, -0.15) is 15.0 Å². The van der Waals surface area contributed by atoms with E-state index in [0.29, 0.717) is 37.5 Å². The number of aromatic carboxylic acids is 3. The van der Waals surface area contributed by atoms with Gasteiger partial charge in [0.05, 0.1) is 16.7 Å². The van der Waals surface area contributed by atoms with Gasteiger partial charge in [-0.05, 0) is 110 Å². The second-order valence-electron chi connectivity index (χ2n) is 15.9. The molecule has 324 valence electrons. The number of carbonyl (C=O) groups is 3. The highest BCUT2D eigenvalue weighted by Crippen LogP contribution is 2.35. The maximum absolute atomic E-state index is 12.0. The predicted octanol–water partition coefficient (Wildman–Crippen LogP) is 12.0. The fraction of sp³-hybridized carbons (Fsp3) is 0.500. The fourth-order valence-electron chi connectivity index (χ4n) is 7.49. The Labute approximate surface area is 356 Å². The highest BCUT2D eigenvalue weighted by Gasteiger charge is 2.27.